The summed E-state index contributed by atoms with van der Waals surface area (Å²) in [7, 11) is -0.240. The van der Waals surface area contributed by atoms with E-state index < -0.39 is 10.0 Å². The van der Waals surface area contributed by atoms with Crippen molar-refractivity contribution in [2.45, 2.75) is 11.4 Å². The highest BCUT2D eigenvalue weighted by molar-refractivity contribution is 9.10. The topological polar surface area (TPSA) is 49.4 Å². The zero-order valence-electron chi connectivity index (χ0n) is 11.9. The Hall–Kier alpha value is -1.37. The first-order valence-electron chi connectivity index (χ1n) is 6.42. The van der Waals surface area contributed by atoms with Crippen LogP contribution in [0.15, 0.2) is 57.9 Å². The van der Waals surface area contributed by atoms with Crippen molar-refractivity contribution in [1.82, 2.24) is 4.31 Å². The Balaban J connectivity index is 2.31. The van der Waals surface area contributed by atoms with Gasteiger partial charge in [0, 0.05) is 25.1 Å². The number of sulfonamides is 1. The normalized spacial score (nSPS) is 11.6. The fraction of sp³-hybridized carbons (Fsp3) is 0.200. The third-order valence-corrected chi connectivity index (χ3v) is 5.49. The minimum absolute atomic E-state index is 0.282. The number of benzene rings is 2. The molecule has 0 atom stereocenters. The Morgan fingerprint density at radius 3 is 2.52 bits per heavy atom. The van der Waals surface area contributed by atoms with Crippen molar-refractivity contribution in [1.29, 1.82) is 0 Å². The summed E-state index contributed by atoms with van der Waals surface area (Å²) in [5.74, 6) is 0. The summed E-state index contributed by atoms with van der Waals surface area (Å²) < 4.78 is 27.6. The maximum Gasteiger partial charge on any atom is 0.245 e. The SMILES string of the molecule is CNc1ccccc1S(=O)(=O)N(C)Cc1cccc(Br)c1. The third-order valence-electron chi connectivity index (χ3n) is 3.14. The van der Waals surface area contributed by atoms with Crippen molar-refractivity contribution in [3.63, 3.8) is 0 Å². The van der Waals surface area contributed by atoms with E-state index in [1.54, 1.807) is 38.4 Å². The van der Waals surface area contributed by atoms with E-state index in [1.807, 2.05) is 24.3 Å². The molecule has 4 nitrogen and oxygen atoms in total. The van der Waals surface area contributed by atoms with E-state index in [4.69, 9.17) is 0 Å². The molecule has 0 aliphatic heterocycles. The van der Waals surface area contributed by atoms with Crippen molar-refractivity contribution in [3.8, 4) is 0 Å². The van der Waals surface area contributed by atoms with Gasteiger partial charge in [0.1, 0.15) is 4.90 Å². The van der Waals surface area contributed by atoms with E-state index in [2.05, 4.69) is 21.2 Å². The lowest BCUT2D eigenvalue weighted by Crippen LogP contribution is -2.27. The fourth-order valence-electron chi connectivity index (χ4n) is 2.04. The van der Waals surface area contributed by atoms with Gasteiger partial charge in [0.15, 0.2) is 0 Å². The predicted octanol–water partition coefficient (Wildman–Crippen LogP) is 3.31. The van der Waals surface area contributed by atoms with Crippen LogP contribution in [-0.4, -0.2) is 26.8 Å². The molecule has 0 spiro atoms. The molecule has 0 amide bonds. The van der Waals surface area contributed by atoms with Gasteiger partial charge in [0.25, 0.3) is 0 Å². The zero-order chi connectivity index (χ0) is 15.5. The lowest BCUT2D eigenvalue weighted by molar-refractivity contribution is 0.467. The van der Waals surface area contributed by atoms with E-state index >= 15 is 0 Å². The molecule has 21 heavy (non-hydrogen) atoms. The zero-order valence-corrected chi connectivity index (χ0v) is 14.3. The molecule has 2 rings (SSSR count). The van der Waals surface area contributed by atoms with Crippen LogP contribution in [0.25, 0.3) is 0 Å². The number of anilines is 1. The van der Waals surface area contributed by atoms with Crippen LogP contribution in [0.1, 0.15) is 5.56 Å². The van der Waals surface area contributed by atoms with Gasteiger partial charge in [-0.3, -0.25) is 0 Å². The summed E-state index contributed by atoms with van der Waals surface area (Å²) in [6.07, 6.45) is 0. The van der Waals surface area contributed by atoms with Crippen molar-refractivity contribution < 1.29 is 8.42 Å². The van der Waals surface area contributed by atoms with Gasteiger partial charge in [-0.25, -0.2) is 8.42 Å². The summed E-state index contributed by atoms with van der Waals surface area (Å²) in [6.45, 7) is 0.319. The molecule has 6 heteroatoms. The lowest BCUT2D eigenvalue weighted by atomic mass is 10.2. The van der Waals surface area contributed by atoms with E-state index in [1.165, 1.54) is 4.31 Å². The first kappa shape index (κ1) is 16.0. The molecule has 0 aliphatic carbocycles. The smallest absolute Gasteiger partial charge is 0.245 e. The van der Waals surface area contributed by atoms with Gasteiger partial charge in [-0.1, -0.05) is 40.2 Å². The number of hydrogen-bond donors (Lipinski definition) is 1. The summed E-state index contributed by atoms with van der Waals surface area (Å²) in [4.78, 5) is 0.282. The first-order chi connectivity index (χ1) is 9.95. The van der Waals surface area contributed by atoms with Gasteiger partial charge >= 0.3 is 0 Å². The minimum atomic E-state index is -3.54. The van der Waals surface area contributed by atoms with Crippen LogP contribution in [-0.2, 0) is 16.6 Å². The summed E-state index contributed by atoms with van der Waals surface area (Å²) in [6, 6.07) is 14.5. The largest absolute Gasteiger partial charge is 0.387 e. The number of hydrogen-bond acceptors (Lipinski definition) is 3. The third kappa shape index (κ3) is 3.64. The van der Waals surface area contributed by atoms with Crippen LogP contribution < -0.4 is 5.32 Å². The highest BCUT2D eigenvalue weighted by Crippen LogP contribution is 2.24. The standard InChI is InChI=1S/C15H17BrN2O2S/c1-17-14-8-3-4-9-15(14)21(19,20)18(2)11-12-6-5-7-13(16)10-12/h3-10,17H,11H2,1-2H3. The second kappa shape index (κ2) is 6.60. The second-order valence-electron chi connectivity index (χ2n) is 4.64. The molecule has 0 aliphatic rings. The maximum atomic E-state index is 12.7. The molecule has 0 heterocycles. The lowest BCUT2D eigenvalue weighted by Gasteiger charge is -2.19. The number of para-hydroxylation sites is 1. The minimum Gasteiger partial charge on any atom is -0.387 e. The van der Waals surface area contributed by atoms with Crippen molar-refractivity contribution in [3.05, 3.63) is 58.6 Å². The molecule has 0 bridgehead atoms. The molecule has 2 aromatic carbocycles. The van der Waals surface area contributed by atoms with Crippen molar-refractivity contribution in [2.75, 3.05) is 19.4 Å². The van der Waals surface area contributed by atoms with E-state index in [0.29, 0.717) is 12.2 Å². The Morgan fingerprint density at radius 1 is 1.14 bits per heavy atom. The van der Waals surface area contributed by atoms with E-state index in [9.17, 15) is 8.42 Å². The average molecular weight is 369 g/mol. The number of nitrogens with zero attached hydrogens (tertiary/aromatic N) is 1. The Labute approximate surface area is 134 Å². The Bertz CT molecular complexity index is 732. The monoisotopic (exact) mass is 368 g/mol. The van der Waals surface area contributed by atoms with E-state index in [-0.39, 0.29) is 4.90 Å². The Kier molecular flexibility index (Phi) is 5.03. The summed E-state index contributed by atoms with van der Waals surface area (Å²) in [5.41, 5.74) is 1.52. The first-order valence-corrected chi connectivity index (χ1v) is 8.66. The molecule has 2 aromatic rings. The van der Waals surface area contributed by atoms with Gasteiger partial charge in [0.05, 0.1) is 5.69 Å². The number of halogens is 1. The average Bonchev–Trinajstić information content (AvgIpc) is 2.47. The van der Waals surface area contributed by atoms with Crippen LogP contribution >= 0.6 is 15.9 Å². The van der Waals surface area contributed by atoms with Gasteiger partial charge in [-0.2, -0.15) is 4.31 Å². The van der Waals surface area contributed by atoms with Crippen LogP contribution in [0.2, 0.25) is 0 Å². The Morgan fingerprint density at radius 2 is 1.86 bits per heavy atom. The molecular formula is C15H17BrN2O2S. The second-order valence-corrected chi connectivity index (χ2v) is 7.57. The predicted molar refractivity (Wildman–Crippen MR) is 88.8 cm³/mol. The van der Waals surface area contributed by atoms with E-state index in [0.717, 1.165) is 10.0 Å². The van der Waals surface area contributed by atoms with Crippen LogP contribution in [0.4, 0.5) is 5.69 Å². The number of rotatable bonds is 5. The molecule has 0 unspecified atom stereocenters. The quantitative estimate of drug-likeness (QED) is 0.880. The van der Waals surface area contributed by atoms with Crippen molar-refractivity contribution in [2.24, 2.45) is 0 Å². The van der Waals surface area contributed by atoms with Crippen LogP contribution in [0, 0.1) is 0 Å². The molecule has 0 fully saturated rings. The van der Waals surface area contributed by atoms with Crippen LogP contribution in [0.3, 0.4) is 0 Å². The fourth-order valence-corrected chi connectivity index (χ4v) is 3.84. The molecule has 0 saturated carbocycles. The summed E-state index contributed by atoms with van der Waals surface area (Å²) >= 11 is 3.39. The molecule has 1 N–H and O–H groups in total. The van der Waals surface area contributed by atoms with Gasteiger partial charge < -0.3 is 5.32 Å². The molecular weight excluding hydrogens is 352 g/mol. The molecule has 0 aromatic heterocycles. The summed E-state index contributed by atoms with van der Waals surface area (Å²) in [5, 5.41) is 2.92. The number of nitrogens with one attached hydrogen (secondary N) is 1. The van der Waals surface area contributed by atoms with Crippen molar-refractivity contribution >= 4 is 31.6 Å². The highest BCUT2D eigenvalue weighted by Gasteiger charge is 2.23. The maximum absolute atomic E-state index is 12.7. The molecule has 112 valence electrons. The highest BCUT2D eigenvalue weighted by atomic mass is 79.9. The van der Waals surface area contributed by atoms with Gasteiger partial charge in [-0.15, -0.1) is 0 Å². The molecule has 0 radical (unpaired) electrons. The van der Waals surface area contributed by atoms with Gasteiger partial charge in [-0.05, 0) is 29.8 Å². The van der Waals surface area contributed by atoms with Crippen LogP contribution in [0.5, 0.6) is 0 Å². The van der Waals surface area contributed by atoms with Gasteiger partial charge in [0.2, 0.25) is 10.0 Å². The molecule has 0 saturated heterocycles.